The molecule has 0 unspecified atom stereocenters. The molecule has 2 heterocycles. The van der Waals surface area contributed by atoms with Gasteiger partial charge in [-0.15, -0.1) is 11.3 Å². The summed E-state index contributed by atoms with van der Waals surface area (Å²) >= 11 is 1.29. The molecule has 6 nitrogen and oxygen atoms in total. The SMILES string of the molecule is CCCCn1c(=O)c2sccc2n(CC(=O)Nc2ccc(C)cc2)c1=O. The van der Waals surface area contributed by atoms with E-state index in [4.69, 9.17) is 0 Å². The molecule has 0 atom stereocenters. The highest BCUT2D eigenvalue weighted by molar-refractivity contribution is 7.17. The van der Waals surface area contributed by atoms with Crippen LogP contribution in [0.5, 0.6) is 0 Å². The summed E-state index contributed by atoms with van der Waals surface area (Å²) in [5.74, 6) is -0.302. The molecule has 26 heavy (non-hydrogen) atoms. The Morgan fingerprint density at radius 2 is 1.85 bits per heavy atom. The van der Waals surface area contributed by atoms with Crippen molar-refractivity contribution >= 4 is 33.1 Å². The number of rotatable bonds is 6. The second kappa shape index (κ2) is 7.70. The Hall–Kier alpha value is -2.67. The van der Waals surface area contributed by atoms with E-state index in [1.165, 1.54) is 20.5 Å². The predicted octanol–water partition coefficient (Wildman–Crippen LogP) is 2.97. The molecule has 3 rings (SSSR count). The number of nitrogens with zero attached hydrogens (tertiary/aromatic N) is 2. The highest BCUT2D eigenvalue weighted by Crippen LogP contribution is 2.16. The van der Waals surface area contributed by atoms with Gasteiger partial charge in [0, 0.05) is 12.2 Å². The Bertz CT molecular complexity index is 1040. The van der Waals surface area contributed by atoms with Gasteiger partial charge in [0.15, 0.2) is 0 Å². The van der Waals surface area contributed by atoms with Gasteiger partial charge in [0.2, 0.25) is 5.91 Å². The highest BCUT2D eigenvalue weighted by atomic mass is 32.1. The van der Waals surface area contributed by atoms with Gasteiger partial charge in [-0.1, -0.05) is 31.0 Å². The van der Waals surface area contributed by atoms with Crippen LogP contribution >= 0.6 is 11.3 Å². The van der Waals surface area contributed by atoms with Gasteiger partial charge in [-0.2, -0.15) is 0 Å². The fraction of sp³-hybridized carbons (Fsp3) is 0.316. The van der Waals surface area contributed by atoms with Gasteiger partial charge in [0.05, 0.1) is 5.52 Å². The lowest BCUT2D eigenvalue weighted by Crippen LogP contribution is -2.41. The van der Waals surface area contributed by atoms with E-state index in [0.29, 0.717) is 22.4 Å². The van der Waals surface area contributed by atoms with Gasteiger partial charge in [-0.25, -0.2) is 4.79 Å². The Morgan fingerprint density at radius 1 is 1.12 bits per heavy atom. The van der Waals surface area contributed by atoms with Crippen molar-refractivity contribution in [3.63, 3.8) is 0 Å². The molecule has 0 aliphatic carbocycles. The van der Waals surface area contributed by atoms with E-state index in [1.54, 1.807) is 11.4 Å². The average Bonchev–Trinajstić information content (AvgIpc) is 3.10. The minimum absolute atomic E-state index is 0.133. The molecule has 0 aliphatic heterocycles. The summed E-state index contributed by atoms with van der Waals surface area (Å²) in [7, 11) is 0. The number of benzene rings is 1. The van der Waals surface area contributed by atoms with Crippen molar-refractivity contribution in [3.05, 3.63) is 62.1 Å². The Morgan fingerprint density at radius 3 is 2.54 bits per heavy atom. The van der Waals surface area contributed by atoms with E-state index in [9.17, 15) is 14.4 Å². The highest BCUT2D eigenvalue weighted by Gasteiger charge is 2.16. The van der Waals surface area contributed by atoms with E-state index in [1.807, 2.05) is 38.1 Å². The number of thiophene rings is 1. The van der Waals surface area contributed by atoms with Crippen LogP contribution in [0.4, 0.5) is 5.69 Å². The van der Waals surface area contributed by atoms with E-state index >= 15 is 0 Å². The number of aromatic nitrogens is 2. The maximum Gasteiger partial charge on any atom is 0.332 e. The van der Waals surface area contributed by atoms with Crippen LogP contribution in [0.1, 0.15) is 25.3 Å². The fourth-order valence-corrected chi connectivity index (χ4v) is 3.62. The van der Waals surface area contributed by atoms with Gasteiger partial charge in [0.25, 0.3) is 5.56 Å². The zero-order valence-corrected chi connectivity index (χ0v) is 15.6. The summed E-state index contributed by atoms with van der Waals surface area (Å²) in [6, 6.07) is 9.16. The summed E-state index contributed by atoms with van der Waals surface area (Å²) in [4.78, 5) is 37.8. The van der Waals surface area contributed by atoms with E-state index < -0.39 is 5.69 Å². The average molecular weight is 371 g/mol. The van der Waals surface area contributed by atoms with Crippen LogP contribution in [-0.2, 0) is 17.9 Å². The van der Waals surface area contributed by atoms with Crippen LogP contribution in [0.25, 0.3) is 10.2 Å². The van der Waals surface area contributed by atoms with E-state index in [-0.39, 0.29) is 18.0 Å². The van der Waals surface area contributed by atoms with Crippen LogP contribution in [0, 0.1) is 6.92 Å². The van der Waals surface area contributed by atoms with Gasteiger partial charge < -0.3 is 5.32 Å². The monoisotopic (exact) mass is 371 g/mol. The van der Waals surface area contributed by atoms with Crippen molar-refractivity contribution < 1.29 is 4.79 Å². The molecule has 0 bridgehead atoms. The molecule has 2 aromatic heterocycles. The number of amides is 1. The minimum atomic E-state index is -0.437. The number of nitrogens with one attached hydrogen (secondary N) is 1. The molecule has 3 aromatic rings. The quantitative estimate of drug-likeness (QED) is 0.724. The number of carbonyl (C=O) groups excluding carboxylic acids is 1. The van der Waals surface area contributed by atoms with Crippen molar-refractivity contribution in [2.45, 2.75) is 39.8 Å². The van der Waals surface area contributed by atoms with Crippen LogP contribution in [0.3, 0.4) is 0 Å². The molecule has 7 heteroatoms. The van der Waals surface area contributed by atoms with Crippen LogP contribution in [0.2, 0.25) is 0 Å². The van der Waals surface area contributed by atoms with Crippen LogP contribution in [-0.4, -0.2) is 15.0 Å². The first-order chi connectivity index (χ1) is 12.5. The smallest absolute Gasteiger partial charge is 0.325 e. The minimum Gasteiger partial charge on any atom is -0.325 e. The third-order valence-electron chi connectivity index (χ3n) is 4.21. The van der Waals surface area contributed by atoms with Gasteiger partial charge in [0.1, 0.15) is 11.2 Å². The molecule has 0 radical (unpaired) electrons. The lowest BCUT2D eigenvalue weighted by atomic mass is 10.2. The number of hydrogen-bond donors (Lipinski definition) is 1. The number of anilines is 1. The molecular formula is C19H21N3O3S. The molecule has 1 N–H and O–H groups in total. The Balaban J connectivity index is 1.94. The van der Waals surface area contributed by atoms with Crippen molar-refractivity contribution in [3.8, 4) is 0 Å². The second-order valence-electron chi connectivity index (χ2n) is 6.23. The maximum atomic E-state index is 12.8. The first-order valence-electron chi connectivity index (χ1n) is 8.58. The Kier molecular flexibility index (Phi) is 5.37. The first-order valence-corrected chi connectivity index (χ1v) is 9.46. The van der Waals surface area contributed by atoms with E-state index in [2.05, 4.69) is 5.32 Å². The summed E-state index contributed by atoms with van der Waals surface area (Å²) in [6.45, 7) is 4.20. The molecular weight excluding hydrogens is 350 g/mol. The summed E-state index contributed by atoms with van der Waals surface area (Å²) in [6.07, 6.45) is 1.61. The molecule has 0 spiro atoms. The third kappa shape index (κ3) is 3.62. The van der Waals surface area contributed by atoms with Crippen molar-refractivity contribution in [1.29, 1.82) is 0 Å². The zero-order valence-electron chi connectivity index (χ0n) is 14.8. The van der Waals surface area contributed by atoms with Gasteiger partial charge in [-0.05, 0) is 36.9 Å². The normalized spacial score (nSPS) is 11.0. The van der Waals surface area contributed by atoms with Gasteiger partial charge >= 0.3 is 5.69 Å². The Labute approximate surface area is 154 Å². The fourth-order valence-electron chi connectivity index (χ4n) is 2.78. The van der Waals surface area contributed by atoms with Crippen molar-refractivity contribution in [2.24, 2.45) is 0 Å². The van der Waals surface area contributed by atoms with Gasteiger partial charge in [-0.3, -0.25) is 18.7 Å². The number of unbranched alkanes of at least 4 members (excludes halogenated alkanes) is 1. The lowest BCUT2D eigenvalue weighted by molar-refractivity contribution is -0.116. The molecule has 0 saturated heterocycles. The molecule has 0 fully saturated rings. The van der Waals surface area contributed by atoms with Crippen molar-refractivity contribution in [1.82, 2.24) is 9.13 Å². The van der Waals surface area contributed by atoms with Crippen molar-refractivity contribution in [2.75, 3.05) is 5.32 Å². The molecule has 136 valence electrons. The standard InChI is InChI=1S/C19H21N3O3S/c1-3-4-10-21-18(24)17-15(9-11-26-17)22(19(21)25)12-16(23)20-14-7-5-13(2)6-8-14/h5-9,11H,3-4,10,12H2,1-2H3,(H,20,23). The second-order valence-corrected chi connectivity index (χ2v) is 7.14. The first kappa shape index (κ1) is 18.1. The summed E-state index contributed by atoms with van der Waals surface area (Å²) in [5, 5.41) is 4.56. The zero-order chi connectivity index (χ0) is 18.7. The number of carbonyl (C=O) groups is 1. The molecule has 1 aromatic carbocycles. The largest absolute Gasteiger partial charge is 0.332 e. The van der Waals surface area contributed by atoms with E-state index in [0.717, 1.165) is 18.4 Å². The van der Waals surface area contributed by atoms with Crippen LogP contribution < -0.4 is 16.6 Å². The summed E-state index contributed by atoms with van der Waals surface area (Å²) in [5.41, 5.74) is 1.57. The number of hydrogen-bond acceptors (Lipinski definition) is 4. The maximum absolute atomic E-state index is 12.8. The predicted molar refractivity (Wildman–Crippen MR) is 105 cm³/mol. The third-order valence-corrected chi connectivity index (χ3v) is 5.10. The molecule has 0 aliphatic rings. The van der Waals surface area contributed by atoms with Crippen LogP contribution in [0.15, 0.2) is 45.3 Å². The number of fused-ring (bicyclic) bond motifs is 1. The lowest BCUT2D eigenvalue weighted by Gasteiger charge is -2.12. The molecule has 1 amide bonds. The summed E-state index contributed by atoms with van der Waals surface area (Å²) < 4.78 is 3.12. The molecule has 0 saturated carbocycles. The topological polar surface area (TPSA) is 73.1 Å². The number of aryl methyl sites for hydroxylation is 1.